The molecule has 28 heavy (non-hydrogen) atoms. The predicted molar refractivity (Wildman–Crippen MR) is 118 cm³/mol. The van der Waals surface area contributed by atoms with Crippen LogP contribution in [0.15, 0.2) is 41.3 Å². The number of anilines is 1. The van der Waals surface area contributed by atoms with Gasteiger partial charge in [-0.1, -0.05) is 29.0 Å². The van der Waals surface area contributed by atoms with E-state index in [1.54, 1.807) is 23.1 Å². The smallest absolute Gasteiger partial charge is 0.260 e. The van der Waals surface area contributed by atoms with Crippen molar-refractivity contribution in [2.45, 2.75) is 37.7 Å². The second kappa shape index (κ2) is 8.23. The van der Waals surface area contributed by atoms with Crippen LogP contribution in [0.3, 0.4) is 0 Å². The highest BCUT2D eigenvalue weighted by molar-refractivity contribution is 7.98. The summed E-state index contributed by atoms with van der Waals surface area (Å²) < 4.78 is 6.93. The van der Waals surface area contributed by atoms with Gasteiger partial charge in [-0.05, 0) is 62.8 Å². The average Bonchev–Trinajstić information content (AvgIpc) is 3.34. The quantitative estimate of drug-likeness (QED) is 0.522. The summed E-state index contributed by atoms with van der Waals surface area (Å²) >= 11 is 3.29. The minimum absolute atomic E-state index is 0.00264. The number of ether oxygens (including phenoxy) is 1. The molecule has 4 rings (SSSR count). The van der Waals surface area contributed by atoms with Crippen molar-refractivity contribution in [2.24, 2.45) is 0 Å². The highest BCUT2D eigenvalue weighted by Gasteiger charge is 2.27. The Labute approximate surface area is 173 Å². The van der Waals surface area contributed by atoms with Crippen molar-refractivity contribution in [2.75, 3.05) is 24.3 Å². The van der Waals surface area contributed by atoms with Gasteiger partial charge in [-0.2, -0.15) is 0 Å². The molecule has 1 fully saturated rings. The van der Waals surface area contributed by atoms with Gasteiger partial charge in [0.15, 0.2) is 5.13 Å². The van der Waals surface area contributed by atoms with Crippen molar-refractivity contribution in [3.63, 3.8) is 0 Å². The largest absolute Gasteiger partial charge is 0.376 e. The van der Waals surface area contributed by atoms with Crippen LogP contribution in [0.25, 0.3) is 10.2 Å². The first kappa shape index (κ1) is 19.4. The van der Waals surface area contributed by atoms with Gasteiger partial charge < -0.3 is 4.74 Å². The van der Waals surface area contributed by atoms with E-state index in [4.69, 9.17) is 9.72 Å². The molecule has 1 aliphatic rings. The van der Waals surface area contributed by atoms with Gasteiger partial charge >= 0.3 is 0 Å². The first-order valence-corrected chi connectivity index (χ1v) is 11.5. The molecule has 0 aliphatic carbocycles. The lowest BCUT2D eigenvalue weighted by Crippen LogP contribution is -2.37. The topological polar surface area (TPSA) is 42.4 Å². The van der Waals surface area contributed by atoms with E-state index in [1.807, 2.05) is 36.9 Å². The fourth-order valence-electron chi connectivity index (χ4n) is 3.57. The van der Waals surface area contributed by atoms with Gasteiger partial charge in [-0.3, -0.25) is 9.69 Å². The Morgan fingerprint density at radius 2 is 2.14 bits per heavy atom. The third-order valence-electron chi connectivity index (χ3n) is 5.08. The van der Waals surface area contributed by atoms with E-state index in [2.05, 4.69) is 24.5 Å². The zero-order valence-electron chi connectivity index (χ0n) is 16.4. The molecule has 3 aromatic rings. The Bertz CT molecular complexity index is 1010. The lowest BCUT2D eigenvalue weighted by molar-refractivity contribution is 0.0917. The number of hydrogen-bond donors (Lipinski definition) is 0. The van der Waals surface area contributed by atoms with Gasteiger partial charge in [0, 0.05) is 17.1 Å². The van der Waals surface area contributed by atoms with E-state index in [1.165, 1.54) is 4.90 Å². The molecule has 146 valence electrons. The van der Waals surface area contributed by atoms with E-state index < -0.39 is 0 Å². The number of nitrogens with zero attached hydrogens (tertiary/aromatic N) is 2. The minimum atomic E-state index is -0.00264. The molecule has 0 spiro atoms. The molecule has 2 heterocycles. The van der Waals surface area contributed by atoms with E-state index in [0.717, 1.165) is 51.5 Å². The molecule has 6 heteroatoms. The van der Waals surface area contributed by atoms with E-state index in [-0.39, 0.29) is 12.0 Å². The number of aryl methyl sites for hydroxylation is 2. The van der Waals surface area contributed by atoms with E-state index in [0.29, 0.717) is 6.54 Å². The van der Waals surface area contributed by atoms with E-state index >= 15 is 0 Å². The van der Waals surface area contributed by atoms with Crippen LogP contribution in [0, 0.1) is 13.8 Å². The number of carbonyl (C=O) groups excluding carboxylic acids is 1. The first-order chi connectivity index (χ1) is 13.5. The van der Waals surface area contributed by atoms with Gasteiger partial charge in [0.2, 0.25) is 0 Å². The molecule has 1 aromatic heterocycles. The Balaban J connectivity index is 1.73. The first-order valence-electron chi connectivity index (χ1n) is 9.50. The van der Waals surface area contributed by atoms with Crippen molar-refractivity contribution >= 4 is 44.4 Å². The van der Waals surface area contributed by atoms with Gasteiger partial charge in [-0.15, -0.1) is 11.8 Å². The number of hydrogen-bond acceptors (Lipinski definition) is 5. The van der Waals surface area contributed by atoms with Gasteiger partial charge in [0.25, 0.3) is 5.91 Å². The Morgan fingerprint density at radius 3 is 2.86 bits per heavy atom. The van der Waals surface area contributed by atoms with Gasteiger partial charge in [-0.25, -0.2) is 4.98 Å². The third kappa shape index (κ3) is 3.95. The molecule has 1 unspecified atom stereocenters. The SMILES string of the molecule is CSc1ccc2nc(N(CC3CCCO3)C(=O)c3ccc(C)cc3C)sc2c1. The molecule has 0 bridgehead atoms. The lowest BCUT2D eigenvalue weighted by Gasteiger charge is -2.24. The summed E-state index contributed by atoms with van der Waals surface area (Å²) in [7, 11) is 0. The zero-order valence-corrected chi connectivity index (χ0v) is 18.0. The summed E-state index contributed by atoms with van der Waals surface area (Å²) in [6, 6.07) is 12.2. The Hall–Kier alpha value is -1.89. The molecule has 2 aromatic carbocycles. The maximum atomic E-state index is 13.5. The van der Waals surface area contributed by atoms with Crippen LogP contribution >= 0.6 is 23.1 Å². The molecule has 1 amide bonds. The maximum Gasteiger partial charge on any atom is 0.260 e. The average molecular weight is 413 g/mol. The second-order valence-corrected chi connectivity index (χ2v) is 9.09. The van der Waals surface area contributed by atoms with Gasteiger partial charge in [0.05, 0.1) is 22.9 Å². The summed E-state index contributed by atoms with van der Waals surface area (Å²) in [5.74, 6) is -0.00264. The normalized spacial score (nSPS) is 16.6. The maximum absolute atomic E-state index is 13.5. The molecule has 1 aliphatic heterocycles. The summed E-state index contributed by atoms with van der Waals surface area (Å²) in [5, 5.41) is 0.744. The van der Waals surface area contributed by atoms with Crippen LogP contribution in [0.2, 0.25) is 0 Å². The van der Waals surface area contributed by atoms with Gasteiger partial charge in [0.1, 0.15) is 0 Å². The second-order valence-electron chi connectivity index (χ2n) is 7.20. The number of aromatic nitrogens is 1. The number of fused-ring (bicyclic) bond motifs is 1. The highest BCUT2D eigenvalue weighted by atomic mass is 32.2. The minimum Gasteiger partial charge on any atom is -0.376 e. The number of benzene rings is 2. The molecule has 0 saturated carbocycles. The van der Waals surface area contributed by atoms with Crippen LogP contribution in [0.5, 0.6) is 0 Å². The Kier molecular flexibility index (Phi) is 5.71. The molecular weight excluding hydrogens is 388 g/mol. The fraction of sp³-hybridized carbons (Fsp3) is 0.364. The molecule has 1 atom stereocenters. The molecule has 1 saturated heterocycles. The monoisotopic (exact) mass is 412 g/mol. The fourth-order valence-corrected chi connectivity index (χ4v) is 5.10. The van der Waals surface area contributed by atoms with Crippen molar-refractivity contribution in [1.29, 1.82) is 0 Å². The van der Waals surface area contributed by atoms with Crippen LogP contribution in [0.4, 0.5) is 5.13 Å². The van der Waals surface area contributed by atoms with Crippen molar-refractivity contribution in [3.8, 4) is 0 Å². The zero-order chi connectivity index (χ0) is 19.7. The van der Waals surface area contributed by atoms with E-state index in [9.17, 15) is 4.79 Å². The summed E-state index contributed by atoms with van der Waals surface area (Å²) in [5.41, 5.74) is 3.81. The number of rotatable bonds is 5. The lowest BCUT2D eigenvalue weighted by atomic mass is 10.0. The molecule has 0 radical (unpaired) electrons. The molecule has 4 nitrogen and oxygen atoms in total. The molecule has 0 N–H and O–H groups in total. The highest BCUT2D eigenvalue weighted by Crippen LogP contribution is 2.33. The number of thioether (sulfide) groups is 1. The number of amides is 1. The van der Waals surface area contributed by atoms with Crippen molar-refractivity contribution in [3.05, 3.63) is 53.1 Å². The summed E-state index contributed by atoms with van der Waals surface area (Å²) in [6.45, 7) is 5.35. The third-order valence-corrected chi connectivity index (χ3v) is 6.85. The number of thiazole rings is 1. The summed E-state index contributed by atoms with van der Waals surface area (Å²) in [6.07, 6.45) is 4.17. The van der Waals surface area contributed by atoms with Crippen LogP contribution in [-0.4, -0.2) is 36.4 Å². The van der Waals surface area contributed by atoms with Crippen molar-refractivity contribution < 1.29 is 9.53 Å². The van der Waals surface area contributed by atoms with Crippen LogP contribution < -0.4 is 4.90 Å². The number of carbonyl (C=O) groups is 1. The Morgan fingerprint density at radius 1 is 1.29 bits per heavy atom. The predicted octanol–water partition coefficient (Wildman–Crippen LogP) is 5.46. The standard InChI is InChI=1S/C22H24N2O2S2/c1-14-6-8-18(15(2)11-14)21(25)24(13-16-5-4-10-26-16)22-23-19-9-7-17(27-3)12-20(19)28-22/h6-9,11-12,16H,4-5,10,13H2,1-3H3. The summed E-state index contributed by atoms with van der Waals surface area (Å²) in [4.78, 5) is 21.3. The van der Waals surface area contributed by atoms with Crippen LogP contribution in [-0.2, 0) is 4.74 Å². The molecular formula is C22H24N2O2S2. The van der Waals surface area contributed by atoms with Crippen molar-refractivity contribution in [1.82, 2.24) is 4.98 Å². The van der Waals surface area contributed by atoms with Crippen LogP contribution in [0.1, 0.15) is 34.3 Å².